The Labute approximate surface area is 160 Å². The van der Waals surface area contributed by atoms with Crippen LogP contribution in [0.1, 0.15) is 32.1 Å². The van der Waals surface area contributed by atoms with Crippen LogP contribution in [0.15, 0.2) is 18.2 Å². The van der Waals surface area contributed by atoms with E-state index in [4.69, 9.17) is 10.5 Å². The van der Waals surface area contributed by atoms with Gasteiger partial charge in [0.2, 0.25) is 5.91 Å². The van der Waals surface area contributed by atoms with E-state index in [1.54, 1.807) is 13.2 Å². The first-order chi connectivity index (χ1) is 13.1. The first-order valence-corrected chi connectivity index (χ1v) is 10.2. The molecule has 4 rings (SSSR count). The van der Waals surface area contributed by atoms with Crippen molar-refractivity contribution in [2.24, 2.45) is 23.5 Å². The molecule has 0 radical (unpaired) electrons. The fourth-order valence-corrected chi connectivity index (χ4v) is 5.33. The van der Waals surface area contributed by atoms with Gasteiger partial charge in [-0.1, -0.05) is 6.42 Å². The van der Waals surface area contributed by atoms with Crippen molar-refractivity contribution >= 4 is 11.6 Å². The number of rotatable bonds is 3. The maximum atomic E-state index is 13.4. The number of carbonyl (C=O) groups excluding carboxylic acids is 1. The van der Waals surface area contributed by atoms with Crippen molar-refractivity contribution in [1.82, 2.24) is 4.90 Å². The van der Waals surface area contributed by atoms with E-state index in [2.05, 4.69) is 4.90 Å². The van der Waals surface area contributed by atoms with Crippen molar-refractivity contribution in [1.29, 1.82) is 0 Å². The van der Waals surface area contributed by atoms with Crippen LogP contribution in [0.3, 0.4) is 0 Å². The third-order valence-electron chi connectivity index (χ3n) is 6.84. The number of benzene rings is 1. The Morgan fingerprint density at radius 3 is 2.44 bits per heavy atom. The first kappa shape index (κ1) is 18.5. The highest BCUT2D eigenvalue weighted by atomic mass is 19.1. The molecule has 3 fully saturated rings. The molecule has 1 amide bonds. The molecule has 0 aromatic heterocycles. The van der Waals surface area contributed by atoms with E-state index in [9.17, 15) is 9.18 Å². The maximum absolute atomic E-state index is 13.4. The Morgan fingerprint density at radius 1 is 1.15 bits per heavy atom. The summed E-state index contributed by atoms with van der Waals surface area (Å²) in [5.74, 6) is 1.75. The lowest BCUT2D eigenvalue weighted by atomic mass is 9.65. The average molecular weight is 375 g/mol. The summed E-state index contributed by atoms with van der Waals surface area (Å²) in [4.78, 5) is 17.3. The first-order valence-electron chi connectivity index (χ1n) is 10.2. The van der Waals surface area contributed by atoms with E-state index in [1.165, 1.54) is 31.4 Å². The van der Waals surface area contributed by atoms with Gasteiger partial charge in [-0.2, -0.15) is 0 Å². The second-order valence-corrected chi connectivity index (χ2v) is 8.33. The van der Waals surface area contributed by atoms with Gasteiger partial charge in [0.25, 0.3) is 0 Å². The molecule has 2 atom stereocenters. The summed E-state index contributed by atoms with van der Waals surface area (Å²) in [6.07, 6.45) is 5.55. The number of nitrogens with zero attached hydrogens (tertiary/aromatic N) is 2. The van der Waals surface area contributed by atoms with Crippen LogP contribution in [-0.4, -0.2) is 50.1 Å². The predicted molar refractivity (Wildman–Crippen MR) is 103 cm³/mol. The summed E-state index contributed by atoms with van der Waals surface area (Å²) in [5.41, 5.74) is 7.27. The Hall–Kier alpha value is -1.82. The fourth-order valence-electron chi connectivity index (χ4n) is 5.33. The number of hydrogen-bond acceptors (Lipinski definition) is 4. The number of fused-ring (bicyclic) bond motifs is 2. The number of piperazine rings is 1. The summed E-state index contributed by atoms with van der Waals surface area (Å²) in [6, 6.07) is 4.93. The Kier molecular flexibility index (Phi) is 5.26. The van der Waals surface area contributed by atoms with Gasteiger partial charge in [0.05, 0.1) is 12.8 Å². The third kappa shape index (κ3) is 3.64. The second-order valence-electron chi connectivity index (χ2n) is 8.33. The largest absolute Gasteiger partial charge is 0.494 e. The number of hydrogen-bond donors (Lipinski definition) is 1. The number of amides is 1. The lowest BCUT2D eigenvalue weighted by Gasteiger charge is -2.45. The lowest BCUT2D eigenvalue weighted by Crippen LogP contribution is -2.53. The minimum atomic E-state index is -0.300. The average Bonchev–Trinajstić information content (AvgIpc) is 2.67. The van der Waals surface area contributed by atoms with Crippen LogP contribution >= 0.6 is 0 Å². The van der Waals surface area contributed by atoms with Gasteiger partial charge in [0.1, 0.15) is 11.6 Å². The van der Waals surface area contributed by atoms with Crippen LogP contribution in [-0.2, 0) is 4.79 Å². The molecule has 1 aromatic rings. The summed E-state index contributed by atoms with van der Waals surface area (Å²) in [6.45, 7) is 2.90. The zero-order chi connectivity index (χ0) is 19.0. The van der Waals surface area contributed by atoms with E-state index < -0.39 is 0 Å². The highest BCUT2D eigenvalue weighted by Gasteiger charge is 2.42. The summed E-state index contributed by atoms with van der Waals surface area (Å²) in [5, 5.41) is 0. The Balaban J connectivity index is 1.37. The quantitative estimate of drug-likeness (QED) is 0.882. The molecule has 3 aliphatic rings. The molecule has 2 bridgehead atoms. The molecule has 2 aliphatic carbocycles. The van der Waals surface area contributed by atoms with Crippen molar-refractivity contribution in [3.8, 4) is 5.75 Å². The number of nitrogens with two attached hydrogens (primary N) is 1. The van der Waals surface area contributed by atoms with Crippen LogP contribution < -0.4 is 15.4 Å². The lowest BCUT2D eigenvalue weighted by molar-refractivity contribution is -0.138. The summed E-state index contributed by atoms with van der Waals surface area (Å²) in [7, 11) is 1.56. The Morgan fingerprint density at radius 2 is 1.81 bits per heavy atom. The van der Waals surface area contributed by atoms with Gasteiger partial charge in [-0.05, 0) is 49.7 Å². The van der Waals surface area contributed by atoms with E-state index in [0.29, 0.717) is 42.6 Å². The predicted octanol–water partition coefficient (Wildman–Crippen LogP) is 2.64. The zero-order valence-corrected chi connectivity index (χ0v) is 16.1. The molecule has 27 heavy (non-hydrogen) atoms. The van der Waals surface area contributed by atoms with Gasteiger partial charge >= 0.3 is 0 Å². The monoisotopic (exact) mass is 375 g/mol. The SMILES string of the molecule is COc1cc(F)ccc1N1CCN(C(=O)C2CC3CCCC(C2)C3N)CC1. The molecule has 1 saturated heterocycles. The molecule has 0 spiro atoms. The van der Waals surface area contributed by atoms with E-state index in [1.807, 2.05) is 4.90 Å². The molecule has 148 valence electrons. The maximum Gasteiger partial charge on any atom is 0.225 e. The van der Waals surface area contributed by atoms with Gasteiger partial charge in [0, 0.05) is 44.2 Å². The molecular weight excluding hydrogens is 345 g/mol. The summed E-state index contributed by atoms with van der Waals surface area (Å²) < 4.78 is 18.8. The molecule has 2 saturated carbocycles. The molecule has 1 heterocycles. The van der Waals surface area contributed by atoms with Gasteiger partial charge in [-0.3, -0.25) is 4.79 Å². The van der Waals surface area contributed by atoms with Gasteiger partial charge in [-0.15, -0.1) is 0 Å². The topological polar surface area (TPSA) is 58.8 Å². The highest BCUT2D eigenvalue weighted by molar-refractivity contribution is 5.79. The van der Waals surface area contributed by atoms with Crippen molar-refractivity contribution < 1.29 is 13.9 Å². The van der Waals surface area contributed by atoms with Crippen molar-refractivity contribution in [3.05, 3.63) is 24.0 Å². The van der Waals surface area contributed by atoms with Crippen molar-refractivity contribution in [2.75, 3.05) is 38.2 Å². The number of anilines is 1. The van der Waals surface area contributed by atoms with E-state index in [-0.39, 0.29) is 11.7 Å². The van der Waals surface area contributed by atoms with E-state index in [0.717, 1.165) is 31.6 Å². The number of ether oxygens (including phenoxy) is 1. The standard InChI is InChI=1S/C21H30FN3O2/c1-27-19-13-17(22)5-6-18(19)24-7-9-25(10-8-24)21(26)16-11-14-3-2-4-15(12-16)20(14)23/h5-6,13-16,20H,2-4,7-12,23H2,1H3. The Bertz CT molecular complexity index is 676. The zero-order valence-electron chi connectivity index (χ0n) is 16.1. The molecule has 2 unspecified atom stereocenters. The number of halogens is 1. The van der Waals surface area contributed by atoms with Crippen LogP contribution in [0.4, 0.5) is 10.1 Å². The normalized spacial score (nSPS) is 30.9. The smallest absolute Gasteiger partial charge is 0.225 e. The van der Waals surface area contributed by atoms with Gasteiger partial charge < -0.3 is 20.3 Å². The fraction of sp³-hybridized carbons (Fsp3) is 0.667. The van der Waals surface area contributed by atoms with Gasteiger partial charge in [0.15, 0.2) is 0 Å². The van der Waals surface area contributed by atoms with Crippen LogP contribution in [0, 0.1) is 23.6 Å². The molecule has 6 heteroatoms. The van der Waals surface area contributed by atoms with Crippen LogP contribution in [0.2, 0.25) is 0 Å². The molecule has 5 nitrogen and oxygen atoms in total. The molecule has 1 aromatic carbocycles. The minimum absolute atomic E-state index is 0.145. The van der Waals surface area contributed by atoms with Gasteiger partial charge in [-0.25, -0.2) is 4.39 Å². The second kappa shape index (κ2) is 7.66. The summed E-state index contributed by atoms with van der Waals surface area (Å²) >= 11 is 0. The van der Waals surface area contributed by atoms with Crippen molar-refractivity contribution in [3.63, 3.8) is 0 Å². The minimum Gasteiger partial charge on any atom is -0.494 e. The van der Waals surface area contributed by atoms with Crippen LogP contribution in [0.5, 0.6) is 5.75 Å². The number of carbonyl (C=O) groups is 1. The number of methoxy groups -OCH3 is 1. The highest BCUT2D eigenvalue weighted by Crippen LogP contribution is 2.42. The van der Waals surface area contributed by atoms with E-state index >= 15 is 0 Å². The molecule has 1 aliphatic heterocycles. The third-order valence-corrected chi connectivity index (χ3v) is 6.84. The molecular formula is C21H30FN3O2. The molecule has 2 N–H and O–H groups in total. The van der Waals surface area contributed by atoms with Crippen LogP contribution in [0.25, 0.3) is 0 Å². The van der Waals surface area contributed by atoms with Crippen molar-refractivity contribution in [2.45, 2.75) is 38.1 Å².